The minimum Gasteiger partial charge on any atom is -0.495 e. The van der Waals surface area contributed by atoms with Crippen molar-refractivity contribution in [2.45, 2.75) is 62.1 Å². The zero-order valence-corrected chi connectivity index (χ0v) is 28.1. The van der Waals surface area contributed by atoms with E-state index in [2.05, 4.69) is 19.2 Å². The molecule has 234 valence electrons. The average Bonchev–Trinajstić information content (AvgIpc) is 2.96. The maximum absolute atomic E-state index is 13.9. The Morgan fingerprint density at radius 1 is 1.09 bits per heavy atom. The second-order valence-electron chi connectivity index (χ2n) is 11.2. The molecule has 12 heteroatoms. The molecule has 0 fully saturated rings. The van der Waals surface area contributed by atoms with Gasteiger partial charge in [-0.1, -0.05) is 61.3 Å². The molecule has 2 N–H and O–H groups in total. The van der Waals surface area contributed by atoms with Crippen molar-refractivity contribution >= 4 is 56.1 Å². The van der Waals surface area contributed by atoms with Crippen molar-refractivity contribution in [3.05, 3.63) is 105 Å². The van der Waals surface area contributed by atoms with Crippen molar-refractivity contribution < 1.29 is 22.3 Å². The van der Waals surface area contributed by atoms with Crippen LogP contribution in [-0.2, 0) is 21.2 Å². The average molecular weight is 679 g/mol. The van der Waals surface area contributed by atoms with E-state index in [1.165, 1.54) is 36.0 Å². The summed E-state index contributed by atoms with van der Waals surface area (Å²) in [6.07, 6.45) is 2.46. The number of nitrogens with zero attached hydrogens (tertiary/aromatic N) is 1. The number of benzene rings is 3. The van der Waals surface area contributed by atoms with Crippen LogP contribution in [0.2, 0.25) is 10.0 Å². The Kier molecular flexibility index (Phi) is 10.7. The number of nitrogens with one attached hydrogen (secondary N) is 2. The number of ether oxygens (including phenoxy) is 1. The zero-order chi connectivity index (χ0) is 32.2. The highest BCUT2D eigenvalue weighted by molar-refractivity contribution is 8.13. The van der Waals surface area contributed by atoms with Crippen molar-refractivity contribution in [1.82, 2.24) is 10.0 Å². The number of aliphatic imine (C=N–C) groups is 1. The molecule has 0 spiro atoms. The number of carbonyl (C=O) groups is 1. The Bertz CT molecular complexity index is 1710. The summed E-state index contributed by atoms with van der Waals surface area (Å²) in [6, 6.07) is 15.6. The predicted octanol–water partition coefficient (Wildman–Crippen LogP) is 8.22. The standard InChI is InChI=1S/C32H34Cl2FN3O4S2/c1-19(2)37-31(39)38-44(40,41)24-12-8-21(27(33)15-24)18-43-30-16-25(20-6-10-23(35)11-7-20)26(17-36-30)32(3,4)22-9-13-29(42-5)28(34)14-22/h6-15,17,19,25H,16,18H2,1-5H3,(H2,37,38,39). The number of hydrogen-bond donors (Lipinski definition) is 2. The summed E-state index contributed by atoms with van der Waals surface area (Å²) in [6.45, 7) is 7.67. The number of halogens is 3. The number of rotatable bonds is 9. The predicted molar refractivity (Wildman–Crippen MR) is 177 cm³/mol. The van der Waals surface area contributed by atoms with Gasteiger partial charge in [-0.05, 0) is 72.5 Å². The van der Waals surface area contributed by atoms with E-state index in [0.29, 0.717) is 28.5 Å². The summed E-state index contributed by atoms with van der Waals surface area (Å²) in [4.78, 5) is 16.6. The summed E-state index contributed by atoms with van der Waals surface area (Å²) >= 11 is 14.5. The fourth-order valence-corrected chi connectivity index (χ4v) is 7.50. The topological polar surface area (TPSA) is 96.9 Å². The quantitative estimate of drug-likeness (QED) is 0.238. The van der Waals surface area contributed by atoms with E-state index < -0.39 is 21.5 Å². The minimum atomic E-state index is -4.10. The first-order valence-corrected chi connectivity index (χ1v) is 17.0. The second-order valence-corrected chi connectivity index (χ2v) is 14.7. The van der Waals surface area contributed by atoms with E-state index in [1.807, 2.05) is 29.1 Å². The first-order chi connectivity index (χ1) is 20.7. The summed E-state index contributed by atoms with van der Waals surface area (Å²) in [5.74, 6) is 0.636. The molecule has 0 radical (unpaired) electrons. The largest absolute Gasteiger partial charge is 0.495 e. The molecule has 1 aliphatic heterocycles. The van der Waals surface area contributed by atoms with Crippen molar-refractivity contribution in [1.29, 1.82) is 0 Å². The van der Waals surface area contributed by atoms with Gasteiger partial charge < -0.3 is 10.1 Å². The molecular formula is C32H34Cl2FN3O4S2. The fraction of sp³-hybridized carbons (Fsp3) is 0.312. The molecular weight excluding hydrogens is 644 g/mol. The minimum absolute atomic E-state index is 0.0856. The molecule has 1 heterocycles. The highest BCUT2D eigenvalue weighted by Crippen LogP contribution is 2.46. The Balaban J connectivity index is 1.58. The second kappa shape index (κ2) is 13.9. The Morgan fingerprint density at radius 2 is 1.80 bits per heavy atom. The molecule has 3 aromatic carbocycles. The van der Waals surface area contributed by atoms with E-state index in [4.69, 9.17) is 32.9 Å². The van der Waals surface area contributed by atoms with Gasteiger partial charge in [-0.3, -0.25) is 4.99 Å². The molecule has 0 saturated carbocycles. The summed E-state index contributed by atoms with van der Waals surface area (Å²) < 4.78 is 46.5. The lowest BCUT2D eigenvalue weighted by molar-refractivity contribution is 0.243. The number of carbonyl (C=O) groups excluding carboxylic acids is 1. The smallest absolute Gasteiger partial charge is 0.328 e. The molecule has 4 rings (SSSR count). The number of hydrogen-bond acceptors (Lipinski definition) is 6. The Morgan fingerprint density at radius 3 is 2.41 bits per heavy atom. The molecule has 1 aliphatic rings. The zero-order valence-electron chi connectivity index (χ0n) is 25.0. The third-order valence-corrected chi connectivity index (χ3v) is 10.4. The maximum Gasteiger partial charge on any atom is 0.328 e. The van der Waals surface area contributed by atoms with Gasteiger partial charge in [0.15, 0.2) is 0 Å². The van der Waals surface area contributed by atoms with Gasteiger partial charge in [-0.15, -0.1) is 11.8 Å². The SMILES string of the molecule is COc1ccc(C(C)(C)C2=CN=C(SCc3ccc(S(=O)(=O)NC(=O)NC(C)C)cc3Cl)CC2c2ccc(F)cc2)cc1Cl. The number of thioether (sulfide) groups is 1. The highest BCUT2D eigenvalue weighted by Gasteiger charge is 2.35. The van der Waals surface area contributed by atoms with E-state index >= 15 is 0 Å². The number of urea groups is 1. The van der Waals surface area contributed by atoms with Gasteiger partial charge in [0.05, 0.1) is 22.1 Å². The van der Waals surface area contributed by atoms with Crippen LogP contribution in [0.1, 0.15) is 56.7 Å². The van der Waals surface area contributed by atoms with Crippen molar-refractivity contribution in [3.63, 3.8) is 0 Å². The van der Waals surface area contributed by atoms with Crippen LogP contribution in [0.25, 0.3) is 0 Å². The van der Waals surface area contributed by atoms with Crippen LogP contribution in [0.4, 0.5) is 9.18 Å². The molecule has 0 aliphatic carbocycles. The molecule has 7 nitrogen and oxygen atoms in total. The van der Waals surface area contributed by atoms with Crippen LogP contribution in [-0.4, -0.2) is 32.6 Å². The molecule has 1 atom stereocenters. The molecule has 0 saturated heterocycles. The number of sulfonamides is 1. The van der Waals surface area contributed by atoms with Crippen LogP contribution in [0.5, 0.6) is 5.75 Å². The van der Waals surface area contributed by atoms with Crippen LogP contribution in [0, 0.1) is 5.82 Å². The normalized spacial score (nSPS) is 15.4. The van der Waals surface area contributed by atoms with Crippen LogP contribution < -0.4 is 14.8 Å². The molecule has 1 unspecified atom stereocenters. The molecule has 0 bridgehead atoms. The Labute approximate surface area is 272 Å². The molecule has 44 heavy (non-hydrogen) atoms. The van der Waals surface area contributed by atoms with Gasteiger partial charge in [0, 0.05) is 40.8 Å². The lowest BCUT2D eigenvalue weighted by atomic mass is 9.69. The molecule has 0 aromatic heterocycles. The maximum atomic E-state index is 13.9. The van der Waals surface area contributed by atoms with Gasteiger partial charge in [-0.2, -0.15) is 0 Å². The summed E-state index contributed by atoms with van der Waals surface area (Å²) in [5, 5.41) is 4.10. The van der Waals surface area contributed by atoms with Gasteiger partial charge >= 0.3 is 6.03 Å². The first kappa shape index (κ1) is 33.8. The van der Waals surface area contributed by atoms with Crippen LogP contribution in [0.3, 0.4) is 0 Å². The van der Waals surface area contributed by atoms with Crippen LogP contribution in [0.15, 0.2) is 82.3 Å². The van der Waals surface area contributed by atoms with Crippen molar-refractivity contribution in [2.75, 3.05) is 7.11 Å². The van der Waals surface area contributed by atoms with Gasteiger partial charge in [0.25, 0.3) is 10.0 Å². The van der Waals surface area contributed by atoms with Crippen molar-refractivity contribution in [2.24, 2.45) is 4.99 Å². The first-order valence-electron chi connectivity index (χ1n) is 13.8. The number of methoxy groups -OCH3 is 1. The highest BCUT2D eigenvalue weighted by atomic mass is 35.5. The Hall–Kier alpha value is -3.05. The monoisotopic (exact) mass is 677 g/mol. The molecule has 3 aromatic rings. The molecule has 2 amide bonds. The lowest BCUT2D eigenvalue weighted by Gasteiger charge is -2.36. The van der Waals surface area contributed by atoms with E-state index in [9.17, 15) is 17.6 Å². The number of allylic oxidation sites excluding steroid dienone is 1. The van der Waals surface area contributed by atoms with Gasteiger partial charge in [0.1, 0.15) is 11.6 Å². The van der Waals surface area contributed by atoms with E-state index in [0.717, 1.165) is 21.7 Å². The van der Waals surface area contributed by atoms with Crippen molar-refractivity contribution in [3.8, 4) is 5.75 Å². The fourth-order valence-electron chi connectivity index (χ4n) is 4.92. The van der Waals surface area contributed by atoms with Gasteiger partial charge in [0.2, 0.25) is 0 Å². The third kappa shape index (κ3) is 7.96. The van der Waals surface area contributed by atoms with E-state index in [-0.39, 0.29) is 27.7 Å². The van der Waals surface area contributed by atoms with E-state index in [1.54, 1.807) is 39.2 Å². The van der Waals surface area contributed by atoms with Gasteiger partial charge in [-0.25, -0.2) is 22.3 Å². The summed E-state index contributed by atoms with van der Waals surface area (Å²) in [5.41, 5.74) is 3.26. The van der Waals surface area contributed by atoms with Crippen LogP contribution >= 0.6 is 35.0 Å². The lowest BCUT2D eigenvalue weighted by Crippen LogP contribution is -2.42. The summed E-state index contributed by atoms with van der Waals surface area (Å²) in [7, 11) is -2.52. The number of amides is 2. The third-order valence-electron chi connectivity index (χ3n) is 7.35.